The van der Waals surface area contributed by atoms with Crippen LogP contribution in [0.1, 0.15) is 51.0 Å². The zero-order valence-electron chi connectivity index (χ0n) is 12.0. The van der Waals surface area contributed by atoms with Crippen molar-refractivity contribution in [2.45, 2.75) is 52.0 Å². The summed E-state index contributed by atoms with van der Waals surface area (Å²) < 4.78 is 0. The third-order valence-corrected chi connectivity index (χ3v) is 3.30. The number of nitrogens with two attached hydrogens (primary N) is 1. The highest BCUT2D eigenvalue weighted by Gasteiger charge is 2.00. The minimum Gasteiger partial charge on any atom is -0.399 e. The average molecular weight is 248 g/mol. The summed E-state index contributed by atoms with van der Waals surface area (Å²) in [4.78, 5) is 2.38. The van der Waals surface area contributed by atoms with Gasteiger partial charge in [0.2, 0.25) is 0 Å². The van der Waals surface area contributed by atoms with Gasteiger partial charge in [-0.2, -0.15) is 0 Å². The van der Waals surface area contributed by atoms with E-state index in [-0.39, 0.29) is 0 Å². The fourth-order valence-electron chi connectivity index (χ4n) is 2.24. The van der Waals surface area contributed by atoms with Crippen molar-refractivity contribution in [3.8, 4) is 0 Å². The Kier molecular flexibility index (Phi) is 7.51. The molecule has 0 unspecified atom stereocenters. The summed E-state index contributed by atoms with van der Waals surface area (Å²) in [6.07, 6.45) is 8.17. The van der Waals surface area contributed by atoms with Crippen molar-refractivity contribution in [3.63, 3.8) is 0 Å². The Hall–Kier alpha value is -1.02. The summed E-state index contributed by atoms with van der Waals surface area (Å²) in [5.74, 6) is 0. The molecular formula is C16H28N2. The van der Waals surface area contributed by atoms with Crippen LogP contribution >= 0.6 is 0 Å². The molecule has 2 nitrogen and oxygen atoms in total. The zero-order valence-corrected chi connectivity index (χ0v) is 12.0. The Morgan fingerprint density at radius 2 is 1.78 bits per heavy atom. The molecule has 0 aliphatic heterocycles. The standard InChI is InChI=1S/C16H28N2/c1-3-4-5-6-7-8-12-18(2)14-15-10-9-11-16(17)13-15/h9-11,13H,3-8,12,14,17H2,1-2H3. The molecule has 1 aromatic carbocycles. The minimum atomic E-state index is 0.862. The van der Waals surface area contributed by atoms with E-state index in [2.05, 4.69) is 31.0 Å². The van der Waals surface area contributed by atoms with E-state index in [9.17, 15) is 0 Å². The maximum absolute atomic E-state index is 5.78. The smallest absolute Gasteiger partial charge is 0.0317 e. The molecule has 2 heteroatoms. The minimum absolute atomic E-state index is 0.862. The molecule has 18 heavy (non-hydrogen) atoms. The topological polar surface area (TPSA) is 29.3 Å². The average Bonchev–Trinajstić information content (AvgIpc) is 2.33. The van der Waals surface area contributed by atoms with Gasteiger partial charge in [-0.3, -0.25) is 0 Å². The predicted octanol–water partition coefficient (Wildman–Crippen LogP) is 4.06. The van der Waals surface area contributed by atoms with Crippen LogP contribution in [0.25, 0.3) is 0 Å². The number of anilines is 1. The quantitative estimate of drug-likeness (QED) is 0.527. The number of benzene rings is 1. The van der Waals surface area contributed by atoms with Crippen LogP contribution in [0.4, 0.5) is 5.69 Å². The van der Waals surface area contributed by atoms with Crippen LogP contribution < -0.4 is 5.73 Å². The third-order valence-electron chi connectivity index (χ3n) is 3.30. The molecule has 1 rings (SSSR count). The fraction of sp³-hybridized carbons (Fsp3) is 0.625. The van der Waals surface area contributed by atoms with Crippen LogP contribution in [0.2, 0.25) is 0 Å². The number of rotatable bonds is 9. The van der Waals surface area contributed by atoms with Crippen molar-refractivity contribution < 1.29 is 0 Å². The lowest BCUT2D eigenvalue weighted by molar-refractivity contribution is 0.316. The summed E-state index contributed by atoms with van der Waals surface area (Å²) in [5, 5.41) is 0. The highest BCUT2D eigenvalue weighted by Crippen LogP contribution is 2.10. The van der Waals surface area contributed by atoms with Gasteiger partial charge in [0.15, 0.2) is 0 Å². The van der Waals surface area contributed by atoms with E-state index < -0.39 is 0 Å². The van der Waals surface area contributed by atoms with Crippen molar-refractivity contribution in [1.29, 1.82) is 0 Å². The van der Waals surface area contributed by atoms with Gasteiger partial charge in [-0.1, -0.05) is 51.2 Å². The van der Waals surface area contributed by atoms with Crippen LogP contribution in [-0.2, 0) is 6.54 Å². The molecule has 0 saturated heterocycles. The molecular weight excluding hydrogens is 220 g/mol. The molecule has 0 bridgehead atoms. The van der Waals surface area contributed by atoms with Crippen LogP contribution in [0.3, 0.4) is 0 Å². The Labute approximate surface area is 112 Å². The molecule has 0 amide bonds. The highest BCUT2D eigenvalue weighted by atomic mass is 15.1. The summed E-state index contributed by atoms with van der Waals surface area (Å²) in [7, 11) is 2.19. The Morgan fingerprint density at radius 3 is 2.50 bits per heavy atom. The van der Waals surface area contributed by atoms with Crippen LogP contribution in [0.5, 0.6) is 0 Å². The second kappa shape index (κ2) is 8.98. The van der Waals surface area contributed by atoms with Crippen LogP contribution in [-0.4, -0.2) is 18.5 Å². The Morgan fingerprint density at radius 1 is 1.06 bits per heavy atom. The number of nitrogens with zero attached hydrogens (tertiary/aromatic N) is 1. The van der Waals surface area contributed by atoms with Crippen molar-refractivity contribution in [2.24, 2.45) is 0 Å². The zero-order chi connectivity index (χ0) is 13.2. The SMILES string of the molecule is CCCCCCCCN(C)Cc1cccc(N)c1. The van der Waals surface area contributed by atoms with Gasteiger partial charge in [-0.25, -0.2) is 0 Å². The summed E-state index contributed by atoms with van der Waals surface area (Å²) in [5.41, 5.74) is 7.95. The lowest BCUT2D eigenvalue weighted by atomic mass is 10.1. The Bertz CT molecular complexity index is 323. The molecule has 0 aromatic heterocycles. The van der Waals surface area contributed by atoms with E-state index in [0.717, 1.165) is 12.2 Å². The van der Waals surface area contributed by atoms with E-state index in [0.29, 0.717) is 0 Å². The molecule has 0 heterocycles. The second-order valence-corrected chi connectivity index (χ2v) is 5.25. The molecule has 0 atom stereocenters. The van der Waals surface area contributed by atoms with Gasteiger partial charge in [0.1, 0.15) is 0 Å². The number of hydrogen-bond acceptors (Lipinski definition) is 2. The maximum Gasteiger partial charge on any atom is 0.0317 e. The lowest BCUT2D eigenvalue weighted by Gasteiger charge is -2.16. The van der Waals surface area contributed by atoms with Gasteiger partial charge in [0.25, 0.3) is 0 Å². The van der Waals surface area contributed by atoms with Crippen LogP contribution in [0, 0.1) is 0 Å². The first-order valence-corrected chi connectivity index (χ1v) is 7.25. The van der Waals surface area contributed by atoms with E-state index in [1.807, 2.05) is 12.1 Å². The van der Waals surface area contributed by atoms with Gasteiger partial charge in [-0.15, -0.1) is 0 Å². The lowest BCUT2D eigenvalue weighted by Crippen LogP contribution is -2.19. The molecule has 0 saturated carbocycles. The maximum atomic E-state index is 5.78. The van der Waals surface area contributed by atoms with Crippen molar-refractivity contribution in [2.75, 3.05) is 19.3 Å². The monoisotopic (exact) mass is 248 g/mol. The van der Waals surface area contributed by atoms with E-state index in [4.69, 9.17) is 5.73 Å². The van der Waals surface area contributed by atoms with E-state index in [1.54, 1.807) is 0 Å². The summed E-state index contributed by atoms with van der Waals surface area (Å²) in [6, 6.07) is 8.19. The highest BCUT2D eigenvalue weighted by molar-refractivity contribution is 5.40. The third kappa shape index (κ3) is 6.65. The first kappa shape index (κ1) is 15.0. The number of unbranched alkanes of at least 4 members (excludes halogenated alkanes) is 5. The largest absolute Gasteiger partial charge is 0.399 e. The summed E-state index contributed by atoms with van der Waals surface area (Å²) >= 11 is 0. The first-order valence-electron chi connectivity index (χ1n) is 7.25. The number of hydrogen-bond donors (Lipinski definition) is 1. The van der Waals surface area contributed by atoms with Gasteiger partial charge in [0, 0.05) is 12.2 Å². The number of nitrogen functional groups attached to an aromatic ring is 1. The molecule has 102 valence electrons. The molecule has 1 aromatic rings. The molecule has 0 radical (unpaired) electrons. The fourth-order valence-corrected chi connectivity index (χ4v) is 2.24. The molecule has 0 aliphatic rings. The first-order chi connectivity index (χ1) is 8.72. The second-order valence-electron chi connectivity index (χ2n) is 5.25. The summed E-state index contributed by atoms with van der Waals surface area (Å²) in [6.45, 7) is 4.44. The Balaban J connectivity index is 2.12. The van der Waals surface area contributed by atoms with Gasteiger partial charge in [0.05, 0.1) is 0 Å². The van der Waals surface area contributed by atoms with E-state index in [1.165, 1.54) is 50.6 Å². The van der Waals surface area contributed by atoms with Gasteiger partial charge in [-0.05, 0) is 37.7 Å². The van der Waals surface area contributed by atoms with Crippen molar-refractivity contribution >= 4 is 5.69 Å². The molecule has 0 fully saturated rings. The van der Waals surface area contributed by atoms with Crippen molar-refractivity contribution in [1.82, 2.24) is 4.90 Å². The molecule has 2 N–H and O–H groups in total. The predicted molar refractivity (Wildman–Crippen MR) is 80.6 cm³/mol. The molecule has 0 spiro atoms. The van der Waals surface area contributed by atoms with Crippen molar-refractivity contribution in [3.05, 3.63) is 29.8 Å². The van der Waals surface area contributed by atoms with Gasteiger partial charge >= 0.3 is 0 Å². The normalized spacial score (nSPS) is 11.1. The molecule has 0 aliphatic carbocycles. The van der Waals surface area contributed by atoms with E-state index >= 15 is 0 Å². The van der Waals surface area contributed by atoms with Crippen LogP contribution in [0.15, 0.2) is 24.3 Å². The van der Waals surface area contributed by atoms with Gasteiger partial charge < -0.3 is 10.6 Å².